The minimum absolute atomic E-state index is 0.168. The highest BCUT2D eigenvalue weighted by atomic mass is 32.1. The minimum Gasteiger partial charge on any atom is -0.392 e. The van der Waals surface area contributed by atoms with Crippen molar-refractivity contribution in [3.63, 3.8) is 0 Å². The van der Waals surface area contributed by atoms with Crippen LogP contribution in [-0.2, 0) is 6.42 Å². The predicted molar refractivity (Wildman–Crippen MR) is 82.8 cm³/mol. The molecule has 1 amide bonds. The van der Waals surface area contributed by atoms with Gasteiger partial charge in [0.05, 0.1) is 9.87 Å². The van der Waals surface area contributed by atoms with E-state index in [1.54, 1.807) is 11.3 Å². The van der Waals surface area contributed by atoms with E-state index < -0.39 is 0 Å². The molecule has 1 aliphatic rings. The van der Waals surface area contributed by atoms with Crippen molar-refractivity contribution < 1.29 is 4.79 Å². The van der Waals surface area contributed by atoms with Crippen molar-refractivity contribution in [3.05, 3.63) is 21.9 Å². The standard InChI is InChI=1S/C13H19N3OS2/c1-2-10-3-8-19-12(10)13(17)16-6-4-15(5-7-16)9-11(14)18/h3,8H,2,4-7,9H2,1H3,(H2,14,18). The maximum absolute atomic E-state index is 12.4. The van der Waals surface area contributed by atoms with Crippen LogP contribution in [0.4, 0.5) is 0 Å². The van der Waals surface area contributed by atoms with Crippen molar-refractivity contribution in [2.45, 2.75) is 13.3 Å². The van der Waals surface area contributed by atoms with Crippen LogP contribution in [0.25, 0.3) is 0 Å². The number of amides is 1. The molecule has 1 fully saturated rings. The summed E-state index contributed by atoms with van der Waals surface area (Å²) in [7, 11) is 0. The van der Waals surface area contributed by atoms with Crippen LogP contribution < -0.4 is 5.73 Å². The van der Waals surface area contributed by atoms with E-state index >= 15 is 0 Å². The van der Waals surface area contributed by atoms with E-state index in [1.165, 1.54) is 0 Å². The molecule has 1 saturated heterocycles. The second-order valence-corrected chi connectivity index (χ2v) is 6.10. The van der Waals surface area contributed by atoms with Crippen molar-refractivity contribution in [2.75, 3.05) is 32.7 Å². The molecule has 0 aromatic carbocycles. The third-order valence-electron chi connectivity index (χ3n) is 3.36. The molecule has 2 heterocycles. The maximum atomic E-state index is 12.4. The van der Waals surface area contributed by atoms with Gasteiger partial charge < -0.3 is 10.6 Å². The van der Waals surface area contributed by atoms with Crippen LogP contribution in [0, 0.1) is 0 Å². The summed E-state index contributed by atoms with van der Waals surface area (Å²) in [5.41, 5.74) is 6.70. The normalized spacial score (nSPS) is 16.6. The van der Waals surface area contributed by atoms with E-state index in [-0.39, 0.29) is 5.91 Å². The SMILES string of the molecule is CCc1ccsc1C(=O)N1CCN(CC(N)=S)CC1. The van der Waals surface area contributed by atoms with Gasteiger partial charge in [0.25, 0.3) is 5.91 Å². The summed E-state index contributed by atoms with van der Waals surface area (Å²) in [6.07, 6.45) is 0.909. The monoisotopic (exact) mass is 297 g/mol. The van der Waals surface area contributed by atoms with Crippen molar-refractivity contribution >= 4 is 34.5 Å². The van der Waals surface area contributed by atoms with Crippen LogP contribution in [0.2, 0.25) is 0 Å². The Morgan fingerprint density at radius 3 is 2.68 bits per heavy atom. The van der Waals surface area contributed by atoms with Crippen LogP contribution in [0.5, 0.6) is 0 Å². The van der Waals surface area contributed by atoms with Gasteiger partial charge in [-0.1, -0.05) is 19.1 Å². The molecule has 19 heavy (non-hydrogen) atoms. The number of aryl methyl sites for hydroxylation is 1. The molecule has 4 nitrogen and oxygen atoms in total. The van der Waals surface area contributed by atoms with Crippen molar-refractivity contribution in [1.29, 1.82) is 0 Å². The van der Waals surface area contributed by atoms with Gasteiger partial charge in [0.1, 0.15) is 0 Å². The van der Waals surface area contributed by atoms with Gasteiger partial charge in [-0.25, -0.2) is 0 Å². The Morgan fingerprint density at radius 1 is 1.42 bits per heavy atom. The first-order valence-corrected chi connectivity index (χ1v) is 7.77. The fourth-order valence-electron chi connectivity index (χ4n) is 2.27. The van der Waals surface area contributed by atoms with Crippen LogP contribution in [0.1, 0.15) is 22.2 Å². The summed E-state index contributed by atoms with van der Waals surface area (Å²) < 4.78 is 0. The van der Waals surface area contributed by atoms with Gasteiger partial charge in [-0.3, -0.25) is 9.69 Å². The lowest BCUT2D eigenvalue weighted by Gasteiger charge is -2.34. The van der Waals surface area contributed by atoms with Crippen LogP contribution in [0.15, 0.2) is 11.4 Å². The van der Waals surface area contributed by atoms with Gasteiger partial charge in [-0.2, -0.15) is 0 Å². The topological polar surface area (TPSA) is 49.6 Å². The van der Waals surface area contributed by atoms with Gasteiger partial charge in [-0.05, 0) is 23.4 Å². The number of thiocarbonyl (C=S) groups is 1. The number of rotatable bonds is 4. The second-order valence-electron chi connectivity index (χ2n) is 4.66. The minimum atomic E-state index is 0.168. The number of nitrogens with two attached hydrogens (primary N) is 1. The molecule has 0 spiro atoms. The zero-order valence-electron chi connectivity index (χ0n) is 11.1. The first kappa shape index (κ1) is 14.4. The molecule has 2 N–H and O–H groups in total. The van der Waals surface area contributed by atoms with Gasteiger partial charge >= 0.3 is 0 Å². The molecule has 6 heteroatoms. The van der Waals surface area contributed by atoms with Crippen LogP contribution in [-0.4, -0.2) is 53.4 Å². The Morgan fingerprint density at radius 2 is 2.11 bits per heavy atom. The van der Waals surface area contributed by atoms with Crippen molar-refractivity contribution in [1.82, 2.24) is 9.80 Å². The molecule has 0 saturated carbocycles. The molecule has 0 bridgehead atoms. The first-order chi connectivity index (χ1) is 9.11. The summed E-state index contributed by atoms with van der Waals surface area (Å²) in [6.45, 7) is 5.92. The van der Waals surface area contributed by atoms with Gasteiger partial charge in [0.15, 0.2) is 0 Å². The largest absolute Gasteiger partial charge is 0.392 e. The highest BCUT2D eigenvalue weighted by Gasteiger charge is 2.24. The van der Waals surface area contributed by atoms with E-state index in [1.807, 2.05) is 16.3 Å². The summed E-state index contributed by atoms with van der Waals surface area (Å²) in [6, 6.07) is 2.04. The Kier molecular flexibility index (Phi) is 4.90. The second kappa shape index (κ2) is 6.45. The van der Waals surface area contributed by atoms with Gasteiger partial charge in [-0.15, -0.1) is 11.3 Å². The average molecular weight is 297 g/mol. The third kappa shape index (κ3) is 3.52. The van der Waals surface area contributed by atoms with E-state index in [9.17, 15) is 4.79 Å². The molecule has 0 atom stereocenters. The number of hydrogen-bond donors (Lipinski definition) is 1. The quantitative estimate of drug-likeness (QED) is 0.853. The zero-order chi connectivity index (χ0) is 13.8. The van der Waals surface area contributed by atoms with Crippen molar-refractivity contribution in [2.24, 2.45) is 5.73 Å². The van der Waals surface area contributed by atoms with E-state index in [0.29, 0.717) is 11.5 Å². The molecule has 104 valence electrons. The first-order valence-electron chi connectivity index (χ1n) is 6.48. The van der Waals surface area contributed by atoms with E-state index in [2.05, 4.69) is 11.8 Å². The number of hydrogen-bond acceptors (Lipinski definition) is 4. The predicted octanol–water partition coefficient (Wildman–Crippen LogP) is 1.35. The summed E-state index contributed by atoms with van der Waals surface area (Å²) in [4.78, 5) is 18.0. The Hall–Kier alpha value is -0.980. The highest BCUT2D eigenvalue weighted by Crippen LogP contribution is 2.20. The highest BCUT2D eigenvalue weighted by molar-refractivity contribution is 7.80. The van der Waals surface area contributed by atoms with Crippen molar-refractivity contribution in [3.8, 4) is 0 Å². The number of thiophene rings is 1. The van der Waals surface area contributed by atoms with Gasteiger partial charge in [0.2, 0.25) is 0 Å². The summed E-state index contributed by atoms with van der Waals surface area (Å²) in [5, 5.41) is 2.00. The fourth-order valence-corrected chi connectivity index (χ4v) is 3.42. The van der Waals surface area contributed by atoms with Gasteiger partial charge in [0, 0.05) is 32.7 Å². The molecule has 1 aromatic heterocycles. The van der Waals surface area contributed by atoms with Crippen LogP contribution in [0.3, 0.4) is 0 Å². The number of piperazine rings is 1. The van der Waals surface area contributed by atoms with E-state index in [0.717, 1.165) is 43.0 Å². The lowest BCUT2D eigenvalue weighted by molar-refractivity contribution is 0.0658. The number of carbonyl (C=O) groups excluding carboxylic acids is 1. The molecular formula is C13H19N3OS2. The lowest BCUT2D eigenvalue weighted by atomic mass is 10.2. The number of nitrogens with zero attached hydrogens (tertiary/aromatic N) is 2. The molecule has 0 radical (unpaired) electrons. The molecule has 0 unspecified atom stereocenters. The fraction of sp³-hybridized carbons (Fsp3) is 0.538. The zero-order valence-corrected chi connectivity index (χ0v) is 12.7. The lowest BCUT2D eigenvalue weighted by Crippen LogP contribution is -2.50. The number of carbonyl (C=O) groups is 1. The molecule has 2 rings (SSSR count). The maximum Gasteiger partial charge on any atom is 0.264 e. The van der Waals surface area contributed by atoms with E-state index in [4.69, 9.17) is 18.0 Å². The molecule has 0 aliphatic carbocycles. The Labute approximate surface area is 123 Å². The summed E-state index contributed by atoms with van der Waals surface area (Å²) >= 11 is 6.45. The summed E-state index contributed by atoms with van der Waals surface area (Å²) in [5.74, 6) is 0.168. The third-order valence-corrected chi connectivity index (χ3v) is 4.43. The molecular weight excluding hydrogens is 278 g/mol. The average Bonchev–Trinajstić information content (AvgIpc) is 2.86. The Balaban J connectivity index is 1.94. The Bertz CT molecular complexity index is 464. The smallest absolute Gasteiger partial charge is 0.264 e. The molecule has 1 aliphatic heterocycles. The van der Waals surface area contributed by atoms with Crippen LogP contribution >= 0.6 is 23.6 Å². The molecule has 1 aromatic rings.